The lowest BCUT2D eigenvalue weighted by Crippen LogP contribution is -2.47. The fraction of sp³-hybridized carbons (Fsp3) is 0.533. The molecule has 2 unspecified atom stereocenters. The number of ether oxygens (including phenoxy) is 2. The Morgan fingerprint density at radius 2 is 2.20 bits per heavy atom. The van der Waals surface area contributed by atoms with E-state index in [0.29, 0.717) is 6.54 Å². The molecule has 5 heteroatoms. The van der Waals surface area contributed by atoms with Gasteiger partial charge >= 0.3 is 6.09 Å². The molecule has 1 aromatic carbocycles. The third-order valence-corrected chi connectivity index (χ3v) is 3.60. The van der Waals surface area contributed by atoms with Crippen LogP contribution in [-0.2, 0) is 16.1 Å². The second-order valence-corrected chi connectivity index (χ2v) is 5.42. The molecular weight excluding hydrogens is 256 g/mol. The lowest BCUT2D eigenvalue weighted by molar-refractivity contribution is 0.111. The monoisotopic (exact) mass is 278 g/mol. The zero-order valence-corrected chi connectivity index (χ0v) is 12.0. The molecule has 0 spiro atoms. The van der Waals surface area contributed by atoms with Crippen molar-refractivity contribution in [3.63, 3.8) is 0 Å². The summed E-state index contributed by atoms with van der Waals surface area (Å²) in [5.74, 6) is 0. The molecule has 1 aliphatic heterocycles. The van der Waals surface area contributed by atoms with Crippen molar-refractivity contribution in [3.05, 3.63) is 35.9 Å². The van der Waals surface area contributed by atoms with Crippen LogP contribution in [0.1, 0.15) is 18.9 Å². The van der Waals surface area contributed by atoms with Crippen molar-refractivity contribution in [1.29, 1.82) is 0 Å². The molecule has 5 nitrogen and oxygen atoms in total. The van der Waals surface area contributed by atoms with Crippen LogP contribution in [0.3, 0.4) is 0 Å². The standard InChI is InChI=1S/C15H22N2O3/c1-15(8-13(19-2)9-17-15)11-16-14(18)20-10-12-6-4-3-5-7-12/h3-7,13,17H,8-11H2,1-2H3,(H,16,18). The Hall–Kier alpha value is -1.59. The van der Waals surface area contributed by atoms with E-state index in [9.17, 15) is 4.79 Å². The van der Waals surface area contributed by atoms with Crippen LogP contribution in [0.25, 0.3) is 0 Å². The van der Waals surface area contributed by atoms with Gasteiger partial charge in [-0.1, -0.05) is 30.3 Å². The van der Waals surface area contributed by atoms with E-state index in [1.807, 2.05) is 30.3 Å². The predicted molar refractivity (Wildman–Crippen MR) is 76.5 cm³/mol. The van der Waals surface area contributed by atoms with Gasteiger partial charge in [0.05, 0.1) is 6.10 Å². The van der Waals surface area contributed by atoms with Gasteiger partial charge in [-0.05, 0) is 18.9 Å². The maximum absolute atomic E-state index is 11.7. The number of carbonyl (C=O) groups excluding carboxylic acids is 1. The Labute approximate surface area is 119 Å². The maximum Gasteiger partial charge on any atom is 0.407 e. The molecule has 1 amide bonds. The largest absolute Gasteiger partial charge is 0.445 e. The Morgan fingerprint density at radius 1 is 1.45 bits per heavy atom. The summed E-state index contributed by atoms with van der Waals surface area (Å²) in [5.41, 5.74) is 0.846. The minimum atomic E-state index is -0.391. The number of methoxy groups -OCH3 is 1. The van der Waals surface area contributed by atoms with Gasteiger partial charge in [0, 0.05) is 25.7 Å². The van der Waals surface area contributed by atoms with E-state index >= 15 is 0 Å². The van der Waals surface area contributed by atoms with Crippen molar-refractivity contribution in [2.75, 3.05) is 20.2 Å². The fourth-order valence-electron chi connectivity index (χ4n) is 2.35. The number of nitrogens with one attached hydrogen (secondary N) is 2. The minimum absolute atomic E-state index is 0.132. The van der Waals surface area contributed by atoms with Gasteiger partial charge in [-0.25, -0.2) is 4.79 Å². The number of hydrogen-bond acceptors (Lipinski definition) is 4. The zero-order valence-electron chi connectivity index (χ0n) is 12.0. The van der Waals surface area contributed by atoms with E-state index in [-0.39, 0.29) is 18.2 Å². The summed E-state index contributed by atoms with van der Waals surface area (Å²) in [6.07, 6.45) is 0.697. The van der Waals surface area contributed by atoms with E-state index in [0.717, 1.165) is 18.5 Å². The first kappa shape index (κ1) is 14.8. The molecule has 0 saturated carbocycles. The van der Waals surface area contributed by atoms with E-state index in [2.05, 4.69) is 17.6 Å². The van der Waals surface area contributed by atoms with E-state index < -0.39 is 6.09 Å². The topological polar surface area (TPSA) is 59.6 Å². The second-order valence-electron chi connectivity index (χ2n) is 5.42. The SMILES string of the molecule is COC1CNC(C)(CNC(=O)OCc2ccccc2)C1. The van der Waals surface area contributed by atoms with Crippen molar-refractivity contribution in [2.24, 2.45) is 0 Å². The molecular formula is C15H22N2O3. The normalized spacial score (nSPS) is 25.4. The molecule has 1 heterocycles. The summed E-state index contributed by atoms with van der Waals surface area (Å²) in [4.78, 5) is 11.7. The van der Waals surface area contributed by atoms with Gasteiger partial charge in [0.1, 0.15) is 6.61 Å². The summed E-state index contributed by atoms with van der Waals surface area (Å²) >= 11 is 0. The quantitative estimate of drug-likeness (QED) is 0.860. The number of hydrogen-bond donors (Lipinski definition) is 2. The van der Waals surface area contributed by atoms with Gasteiger partial charge in [-0.2, -0.15) is 0 Å². The summed E-state index contributed by atoms with van der Waals surface area (Å²) in [6, 6.07) is 9.63. The van der Waals surface area contributed by atoms with Crippen LogP contribution in [0.4, 0.5) is 4.79 Å². The highest BCUT2D eigenvalue weighted by molar-refractivity contribution is 5.67. The number of rotatable bonds is 5. The predicted octanol–water partition coefficient (Wildman–Crippen LogP) is 1.68. The molecule has 1 fully saturated rings. The first-order valence-corrected chi connectivity index (χ1v) is 6.84. The van der Waals surface area contributed by atoms with Crippen LogP contribution < -0.4 is 10.6 Å². The Bertz CT molecular complexity index is 438. The summed E-state index contributed by atoms with van der Waals surface area (Å²) in [7, 11) is 1.71. The summed E-state index contributed by atoms with van der Waals surface area (Å²) in [6.45, 7) is 3.70. The van der Waals surface area contributed by atoms with Crippen LogP contribution in [0.2, 0.25) is 0 Å². The Morgan fingerprint density at radius 3 is 2.85 bits per heavy atom. The number of carbonyl (C=O) groups is 1. The van der Waals surface area contributed by atoms with Crippen LogP contribution in [0, 0.1) is 0 Å². The molecule has 0 aliphatic carbocycles. The lowest BCUT2D eigenvalue weighted by Gasteiger charge is -2.24. The highest BCUT2D eigenvalue weighted by Crippen LogP contribution is 2.19. The first-order valence-electron chi connectivity index (χ1n) is 6.84. The van der Waals surface area contributed by atoms with Crippen molar-refractivity contribution >= 4 is 6.09 Å². The minimum Gasteiger partial charge on any atom is -0.445 e. The Balaban J connectivity index is 1.70. The molecule has 0 bridgehead atoms. The van der Waals surface area contributed by atoms with Crippen molar-refractivity contribution in [3.8, 4) is 0 Å². The molecule has 2 rings (SSSR count). The smallest absolute Gasteiger partial charge is 0.407 e. The lowest BCUT2D eigenvalue weighted by atomic mass is 9.99. The third-order valence-electron chi connectivity index (χ3n) is 3.60. The molecule has 1 saturated heterocycles. The fourth-order valence-corrected chi connectivity index (χ4v) is 2.35. The molecule has 2 atom stereocenters. The molecule has 110 valence electrons. The van der Waals surface area contributed by atoms with E-state index in [1.54, 1.807) is 7.11 Å². The van der Waals surface area contributed by atoms with Gasteiger partial charge in [0.25, 0.3) is 0 Å². The van der Waals surface area contributed by atoms with Crippen LogP contribution >= 0.6 is 0 Å². The average molecular weight is 278 g/mol. The highest BCUT2D eigenvalue weighted by Gasteiger charge is 2.34. The first-order chi connectivity index (χ1) is 9.61. The van der Waals surface area contributed by atoms with Crippen molar-refractivity contribution < 1.29 is 14.3 Å². The van der Waals surface area contributed by atoms with Gasteiger partial charge < -0.3 is 20.1 Å². The molecule has 1 aliphatic rings. The second kappa shape index (κ2) is 6.72. The maximum atomic E-state index is 11.7. The number of amides is 1. The van der Waals surface area contributed by atoms with Crippen molar-refractivity contribution in [2.45, 2.75) is 31.6 Å². The summed E-state index contributed by atoms with van der Waals surface area (Å²) in [5, 5.41) is 6.17. The summed E-state index contributed by atoms with van der Waals surface area (Å²) < 4.78 is 10.5. The van der Waals surface area contributed by atoms with E-state index in [1.165, 1.54) is 0 Å². The molecule has 20 heavy (non-hydrogen) atoms. The molecule has 0 radical (unpaired) electrons. The molecule has 1 aromatic rings. The number of benzene rings is 1. The average Bonchev–Trinajstić information content (AvgIpc) is 2.86. The third kappa shape index (κ3) is 4.21. The molecule has 0 aromatic heterocycles. The van der Waals surface area contributed by atoms with Crippen LogP contribution in [0.15, 0.2) is 30.3 Å². The Kier molecular flexibility index (Phi) is 4.98. The van der Waals surface area contributed by atoms with Gasteiger partial charge in [0.2, 0.25) is 0 Å². The van der Waals surface area contributed by atoms with Gasteiger partial charge in [-0.3, -0.25) is 0 Å². The van der Waals surface area contributed by atoms with E-state index in [4.69, 9.17) is 9.47 Å². The highest BCUT2D eigenvalue weighted by atomic mass is 16.5. The van der Waals surface area contributed by atoms with Gasteiger partial charge in [-0.15, -0.1) is 0 Å². The van der Waals surface area contributed by atoms with Crippen molar-refractivity contribution in [1.82, 2.24) is 10.6 Å². The number of alkyl carbamates (subject to hydrolysis) is 1. The van der Waals surface area contributed by atoms with Crippen LogP contribution in [0.5, 0.6) is 0 Å². The van der Waals surface area contributed by atoms with Gasteiger partial charge in [0.15, 0.2) is 0 Å². The zero-order chi connectivity index (χ0) is 14.4. The molecule has 2 N–H and O–H groups in total. The van der Waals surface area contributed by atoms with Crippen LogP contribution in [-0.4, -0.2) is 37.9 Å².